The number of aldehydes is 1. The van der Waals surface area contributed by atoms with Crippen LogP contribution in [0, 0.1) is 0 Å². The molecule has 0 fully saturated rings. The molecule has 0 aromatic carbocycles. The molecule has 0 bridgehead atoms. The fraction of sp³-hybridized carbons (Fsp3) is 0.111. The van der Waals surface area contributed by atoms with Crippen LogP contribution in [0.2, 0.25) is 5.15 Å². The van der Waals surface area contributed by atoms with E-state index in [1.54, 1.807) is 16.7 Å². The van der Waals surface area contributed by atoms with E-state index < -0.39 is 0 Å². The minimum absolute atomic E-state index is 0.331. The molecule has 0 N–H and O–H groups in total. The lowest BCUT2D eigenvalue weighted by Gasteiger charge is -1.93. The summed E-state index contributed by atoms with van der Waals surface area (Å²) in [6.07, 6.45) is 2.93. The van der Waals surface area contributed by atoms with Crippen LogP contribution in [-0.4, -0.2) is 15.7 Å². The van der Waals surface area contributed by atoms with E-state index in [4.69, 9.17) is 11.6 Å². The number of imidazole rings is 1. The van der Waals surface area contributed by atoms with Crippen molar-refractivity contribution in [3.05, 3.63) is 35.2 Å². The predicted molar refractivity (Wildman–Crippen MR) is 50.0 cm³/mol. The molecule has 3 nitrogen and oxygen atoms in total. The first-order chi connectivity index (χ1) is 6.31. The summed E-state index contributed by atoms with van der Waals surface area (Å²) in [5.74, 6) is 0. The number of nitrogens with zero attached hydrogens (tertiary/aromatic N) is 2. The van der Waals surface area contributed by atoms with Crippen molar-refractivity contribution in [3.63, 3.8) is 0 Å². The summed E-state index contributed by atoms with van der Waals surface area (Å²) in [5.41, 5.74) is 1.51. The van der Waals surface area contributed by atoms with E-state index in [0.717, 1.165) is 17.6 Å². The lowest BCUT2D eigenvalue weighted by Crippen LogP contribution is -1.83. The Hall–Kier alpha value is -1.35. The SMILES string of the molecule is O=CCc1cn2c(Cl)cccc2n1. The molecule has 66 valence electrons. The van der Waals surface area contributed by atoms with Gasteiger partial charge in [-0.3, -0.25) is 4.40 Å². The Morgan fingerprint density at radius 1 is 1.54 bits per heavy atom. The monoisotopic (exact) mass is 194 g/mol. The Morgan fingerprint density at radius 2 is 2.38 bits per heavy atom. The maximum atomic E-state index is 10.3. The molecule has 0 saturated heterocycles. The number of halogens is 1. The van der Waals surface area contributed by atoms with E-state index in [0.29, 0.717) is 11.6 Å². The van der Waals surface area contributed by atoms with Crippen molar-refractivity contribution < 1.29 is 4.79 Å². The smallest absolute Gasteiger partial charge is 0.138 e. The standard InChI is InChI=1S/C9H7ClN2O/c10-8-2-1-3-9-11-7(4-5-13)6-12(8)9/h1-3,5-6H,4H2. The summed E-state index contributed by atoms with van der Waals surface area (Å²) in [5, 5.41) is 0.599. The van der Waals surface area contributed by atoms with Gasteiger partial charge in [-0.25, -0.2) is 4.98 Å². The van der Waals surface area contributed by atoms with Crippen molar-refractivity contribution >= 4 is 23.5 Å². The first-order valence-electron chi connectivity index (χ1n) is 3.87. The zero-order valence-electron chi connectivity index (χ0n) is 6.77. The van der Waals surface area contributed by atoms with Gasteiger partial charge in [0.25, 0.3) is 0 Å². The second kappa shape index (κ2) is 3.18. The maximum Gasteiger partial charge on any atom is 0.138 e. The van der Waals surface area contributed by atoms with E-state index in [9.17, 15) is 4.79 Å². The fourth-order valence-corrected chi connectivity index (χ4v) is 1.42. The molecule has 0 aliphatic rings. The van der Waals surface area contributed by atoms with Gasteiger partial charge in [0.1, 0.15) is 17.1 Å². The van der Waals surface area contributed by atoms with Gasteiger partial charge in [0, 0.05) is 12.6 Å². The third kappa shape index (κ3) is 1.42. The van der Waals surface area contributed by atoms with Crippen molar-refractivity contribution in [1.82, 2.24) is 9.38 Å². The predicted octanol–water partition coefficient (Wildman–Crippen LogP) is 1.73. The topological polar surface area (TPSA) is 34.4 Å². The van der Waals surface area contributed by atoms with Crippen molar-refractivity contribution in [2.75, 3.05) is 0 Å². The molecule has 2 rings (SSSR count). The quantitative estimate of drug-likeness (QED) is 0.539. The summed E-state index contributed by atoms with van der Waals surface area (Å²) < 4.78 is 1.75. The van der Waals surface area contributed by atoms with E-state index in [1.807, 2.05) is 12.1 Å². The molecule has 0 unspecified atom stereocenters. The summed E-state index contributed by atoms with van der Waals surface area (Å²) in [7, 11) is 0. The minimum Gasteiger partial charge on any atom is -0.303 e. The maximum absolute atomic E-state index is 10.3. The molecule has 13 heavy (non-hydrogen) atoms. The summed E-state index contributed by atoms with van der Waals surface area (Å²) in [6.45, 7) is 0. The van der Waals surface area contributed by atoms with E-state index in [2.05, 4.69) is 4.98 Å². The zero-order valence-corrected chi connectivity index (χ0v) is 7.53. The van der Waals surface area contributed by atoms with Crippen molar-refractivity contribution in [2.45, 2.75) is 6.42 Å². The van der Waals surface area contributed by atoms with Crippen LogP contribution in [0.4, 0.5) is 0 Å². The summed E-state index contributed by atoms with van der Waals surface area (Å²) in [4.78, 5) is 14.5. The number of aromatic nitrogens is 2. The Labute approximate surface area is 80.0 Å². The van der Waals surface area contributed by atoms with Gasteiger partial charge in [0.2, 0.25) is 0 Å². The second-order valence-corrected chi connectivity index (χ2v) is 3.07. The Bertz CT molecular complexity index is 450. The van der Waals surface area contributed by atoms with Crippen molar-refractivity contribution in [2.24, 2.45) is 0 Å². The molecule has 0 saturated carbocycles. The third-order valence-electron chi connectivity index (χ3n) is 1.78. The number of carbonyl (C=O) groups excluding carboxylic acids is 1. The molecule has 0 spiro atoms. The Balaban J connectivity index is 2.61. The highest BCUT2D eigenvalue weighted by Crippen LogP contribution is 2.13. The lowest BCUT2D eigenvalue weighted by atomic mass is 10.4. The normalized spacial score (nSPS) is 10.5. The Morgan fingerprint density at radius 3 is 3.08 bits per heavy atom. The Kier molecular flexibility index (Phi) is 2.02. The molecule has 0 aliphatic carbocycles. The molecule has 2 aromatic rings. The molecule has 0 atom stereocenters. The largest absolute Gasteiger partial charge is 0.303 e. The van der Waals surface area contributed by atoms with Gasteiger partial charge < -0.3 is 4.79 Å². The van der Waals surface area contributed by atoms with Crippen molar-refractivity contribution in [3.8, 4) is 0 Å². The van der Waals surface area contributed by atoms with Crippen LogP contribution < -0.4 is 0 Å². The van der Waals surface area contributed by atoms with Crippen LogP contribution in [0.15, 0.2) is 24.4 Å². The lowest BCUT2D eigenvalue weighted by molar-refractivity contribution is -0.107. The van der Waals surface area contributed by atoms with Gasteiger partial charge in [-0.15, -0.1) is 0 Å². The third-order valence-corrected chi connectivity index (χ3v) is 2.09. The molecule has 2 aromatic heterocycles. The van der Waals surface area contributed by atoms with Crippen LogP contribution in [0.5, 0.6) is 0 Å². The average molecular weight is 195 g/mol. The molecule has 0 radical (unpaired) electrons. The first-order valence-corrected chi connectivity index (χ1v) is 4.25. The van der Waals surface area contributed by atoms with Crippen LogP contribution in [0.3, 0.4) is 0 Å². The number of fused-ring (bicyclic) bond motifs is 1. The number of rotatable bonds is 2. The van der Waals surface area contributed by atoms with Gasteiger partial charge in [0.15, 0.2) is 0 Å². The van der Waals surface area contributed by atoms with Crippen LogP contribution >= 0.6 is 11.6 Å². The van der Waals surface area contributed by atoms with Crippen LogP contribution in [0.1, 0.15) is 5.69 Å². The minimum atomic E-state index is 0.331. The van der Waals surface area contributed by atoms with Crippen molar-refractivity contribution in [1.29, 1.82) is 0 Å². The molecule has 4 heteroatoms. The fourth-order valence-electron chi connectivity index (χ4n) is 1.21. The van der Waals surface area contributed by atoms with Gasteiger partial charge in [-0.05, 0) is 12.1 Å². The zero-order chi connectivity index (χ0) is 9.26. The number of hydrogen-bond acceptors (Lipinski definition) is 2. The highest BCUT2D eigenvalue weighted by Gasteiger charge is 2.02. The highest BCUT2D eigenvalue weighted by molar-refractivity contribution is 6.29. The summed E-state index contributed by atoms with van der Waals surface area (Å²) in [6, 6.07) is 5.45. The van der Waals surface area contributed by atoms with E-state index >= 15 is 0 Å². The van der Waals surface area contributed by atoms with Gasteiger partial charge in [-0.1, -0.05) is 17.7 Å². The molecular formula is C9H7ClN2O. The van der Waals surface area contributed by atoms with Crippen LogP contribution in [-0.2, 0) is 11.2 Å². The number of pyridine rings is 1. The molecule has 0 aliphatic heterocycles. The number of hydrogen-bond donors (Lipinski definition) is 0. The van der Waals surface area contributed by atoms with E-state index in [1.165, 1.54) is 0 Å². The van der Waals surface area contributed by atoms with Gasteiger partial charge in [-0.2, -0.15) is 0 Å². The molecule has 0 amide bonds. The highest BCUT2D eigenvalue weighted by atomic mass is 35.5. The van der Waals surface area contributed by atoms with E-state index in [-0.39, 0.29) is 0 Å². The average Bonchev–Trinajstić information content (AvgIpc) is 2.49. The molecule has 2 heterocycles. The number of carbonyl (C=O) groups is 1. The molecular weight excluding hydrogens is 188 g/mol. The first kappa shape index (κ1) is 8.26. The van der Waals surface area contributed by atoms with Gasteiger partial charge in [0.05, 0.1) is 5.69 Å². The van der Waals surface area contributed by atoms with Gasteiger partial charge >= 0.3 is 0 Å². The van der Waals surface area contributed by atoms with Crippen LogP contribution in [0.25, 0.3) is 5.65 Å². The summed E-state index contributed by atoms with van der Waals surface area (Å²) >= 11 is 5.91. The second-order valence-electron chi connectivity index (χ2n) is 2.68.